The van der Waals surface area contributed by atoms with Gasteiger partial charge in [0, 0.05) is 44.1 Å². The summed E-state index contributed by atoms with van der Waals surface area (Å²) in [6.07, 6.45) is 2.29. The van der Waals surface area contributed by atoms with Crippen molar-refractivity contribution in [2.45, 2.75) is 53.6 Å². The number of nitrogens with zero attached hydrogens (tertiary/aromatic N) is 1. The van der Waals surface area contributed by atoms with E-state index in [1.54, 1.807) is 0 Å². The van der Waals surface area contributed by atoms with Gasteiger partial charge in [0.15, 0.2) is 5.96 Å². The highest BCUT2D eigenvalue weighted by Crippen LogP contribution is 2.33. The predicted octanol–water partition coefficient (Wildman–Crippen LogP) is 3.80. The Balaban J connectivity index is 0.00000450. The molecule has 1 aliphatic rings. The number of hydrogen-bond acceptors (Lipinski definition) is 3. The number of ether oxygens (including phenoxy) is 1. The van der Waals surface area contributed by atoms with E-state index in [0.717, 1.165) is 32.0 Å². The number of nitrogens with one attached hydrogen (secondary N) is 3. The molecule has 2 unspecified atom stereocenters. The number of aryl methyl sites for hydroxylation is 1. The van der Waals surface area contributed by atoms with Crippen molar-refractivity contribution in [3.05, 3.63) is 35.4 Å². The molecule has 0 radical (unpaired) electrons. The molecule has 1 aromatic carbocycles. The number of guanidine groups is 1. The highest BCUT2D eigenvalue weighted by molar-refractivity contribution is 14.0. The van der Waals surface area contributed by atoms with Gasteiger partial charge in [0.1, 0.15) is 0 Å². The van der Waals surface area contributed by atoms with Crippen LogP contribution in [0, 0.1) is 18.3 Å². The van der Waals surface area contributed by atoms with Crippen molar-refractivity contribution < 1.29 is 9.53 Å². The van der Waals surface area contributed by atoms with Gasteiger partial charge in [0.25, 0.3) is 0 Å². The zero-order valence-electron chi connectivity index (χ0n) is 19.1. The van der Waals surface area contributed by atoms with Crippen molar-refractivity contribution in [2.24, 2.45) is 16.3 Å². The summed E-state index contributed by atoms with van der Waals surface area (Å²) in [5, 5.41) is 9.55. The molecule has 1 fully saturated rings. The van der Waals surface area contributed by atoms with E-state index >= 15 is 0 Å². The molecule has 2 rings (SSSR count). The zero-order valence-corrected chi connectivity index (χ0v) is 21.4. The third-order valence-electron chi connectivity index (χ3n) is 5.06. The van der Waals surface area contributed by atoms with Gasteiger partial charge < -0.3 is 20.7 Å². The van der Waals surface area contributed by atoms with E-state index in [0.29, 0.717) is 25.6 Å². The van der Waals surface area contributed by atoms with Crippen molar-refractivity contribution in [3.8, 4) is 0 Å². The highest BCUT2D eigenvalue weighted by Gasteiger charge is 2.27. The van der Waals surface area contributed by atoms with Gasteiger partial charge in [-0.2, -0.15) is 0 Å². The summed E-state index contributed by atoms with van der Waals surface area (Å²) in [5.74, 6) is 1.20. The molecule has 30 heavy (non-hydrogen) atoms. The van der Waals surface area contributed by atoms with Crippen molar-refractivity contribution >= 4 is 35.8 Å². The van der Waals surface area contributed by atoms with E-state index in [1.165, 1.54) is 11.1 Å². The summed E-state index contributed by atoms with van der Waals surface area (Å²) in [7, 11) is 0. The molecule has 1 heterocycles. The third-order valence-corrected chi connectivity index (χ3v) is 5.06. The van der Waals surface area contributed by atoms with Gasteiger partial charge in [-0.3, -0.25) is 9.79 Å². The summed E-state index contributed by atoms with van der Waals surface area (Å²) in [4.78, 5) is 16.8. The fourth-order valence-corrected chi connectivity index (χ4v) is 3.33. The van der Waals surface area contributed by atoms with Crippen LogP contribution in [0.5, 0.6) is 0 Å². The first kappa shape index (κ1) is 26.7. The van der Waals surface area contributed by atoms with Crippen LogP contribution in [0.1, 0.15) is 57.8 Å². The maximum absolute atomic E-state index is 12.0. The molecular weight excluding hydrogens is 491 g/mol. The molecule has 6 nitrogen and oxygen atoms in total. The van der Waals surface area contributed by atoms with Gasteiger partial charge in [0.05, 0.1) is 6.10 Å². The van der Waals surface area contributed by atoms with Crippen LogP contribution < -0.4 is 16.0 Å². The normalized spacial score (nSPS) is 19.6. The molecule has 0 aromatic heterocycles. The molecule has 1 aliphatic heterocycles. The van der Waals surface area contributed by atoms with Crippen molar-refractivity contribution in [2.75, 3.05) is 32.8 Å². The fourth-order valence-electron chi connectivity index (χ4n) is 3.33. The number of amides is 1. The van der Waals surface area contributed by atoms with Crippen LogP contribution in [-0.4, -0.2) is 44.7 Å². The highest BCUT2D eigenvalue weighted by atomic mass is 127. The summed E-state index contributed by atoms with van der Waals surface area (Å²) in [6, 6.07) is 8.63. The monoisotopic (exact) mass is 530 g/mol. The first-order valence-electron chi connectivity index (χ1n) is 10.8. The van der Waals surface area contributed by atoms with Crippen LogP contribution in [0.4, 0.5) is 0 Å². The Labute approximate surface area is 199 Å². The minimum Gasteiger partial charge on any atom is -0.373 e. The second-order valence-electron chi connectivity index (χ2n) is 8.76. The van der Waals surface area contributed by atoms with Crippen LogP contribution in [-0.2, 0) is 9.53 Å². The van der Waals surface area contributed by atoms with Crippen LogP contribution in [0.3, 0.4) is 0 Å². The number of rotatable bonds is 7. The standard InChI is InChI=1S/C23H38N4O2.HI/c1-6-24-22(26-14-13-25-21(28)23(3,4)5)27-16-19-8-7-15-29-20(19)18-11-9-17(2)10-12-18;/h9-12,19-20H,6-8,13-16H2,1-5H3,(H,25,28)(H2,24,26,27);1H. The molecular formula is C23H39IN4O2. The predicted molar refractivity (Wildman–Crippen MR) is 134 cm³/mol. The van der Waals surface area contributed by atoms with Gasteiger partial charge in [-0.1, -0.05) is 50.6 Å². The van der Waals surface area contributed by atoms with E-state index in [1.807, 2.05) is 20.8 Å². The summed E-state index contributed by atoms with van der Waals surface area (Å²) >= 11 is 0. The topological polar surface area (TPSA) is 74.8 Å². The molecule has 0 bridgehead atoms. The van der Waals surface area contributed by atoms with Crippen LogP contribution in [0.15, 0.2) is 29.3 Å². The number of aliphatic imine (C=N–C) groups is 1. The lowest BCUT2D eigenvalue weighted by Crippen LogP contribution is -2.43. The lowest BCUT2D eigenvalue weighted by atomic mass is 9.89. The van der Waals surface area contributed by atoms with E-state index < -0.39 is 0 Å². The lowest BCUT2D eigenvalue weighted by Gasteiger charge is -2.31. The molecule has 2 atom stereocenters. The summed E-state index contributed by atoms with van der Waals surface area (Å²) in [5.41, 5.74) is 2.12. The zero-order chi connectivity index (χ0) is 21.3. The maximum Gasteiger partial charge on any atom is 0.225 e. The first-order valence-corrected chi connectivity index (χ1v) is 10.8. The van der Waals surface area contributed by atoms with Gasteiger partial charge >= 0.3 is 0 Å². The molecule has 170 valence electrons. The summed E-state index contributed by atoms with van der Waals surface area (Å²) in [6.45, 7) is 13.4. The molecule has 3 N–H and O–H groups in total. The molecule has 7 heteroatoms. The SMILES string of the molecule is CCNC(=NCC1CCCOC1c1ccc(C)cc1)NCCNC(=O)C(C)(C)C.I. The number of halogens is 1. The average molecular weight is 530 g/mol. The minimum atomic E-state index is -0.370. The number of carbonyl (C=O) groups is 1. The van der Waals surface area contributed by atoms with Crippen LogP contribution in [0.25, 0.3) is 0 Å². The Morgan fingerprint density at radius 3 is 2.43 bits per heavy atom. The van der Waals surface area contributed by atoms with Crippen molar-refractivity contribution in [1.82, 2.24) is 16.0 Å². The molecule has 0 aliphatic carbocycles. The van der Waals surface area contributed by atoms with E-state index in [2.05, 4.69) is 54.1 Å². The Morgan fingerprint density at radius 1 is 1.13 bits per heavy atom. The lowest BCUT2D eigenvalue weighted by molar-refractivity contribution is -0.128. The summed E-state index contributed by atoms with van der Waals surface area (Å²) < 4.78 is 6.11. The van der Waals surface area contributed by atoms with Crippen LogP contribution >= 0.6 is 24.0 Å². The smallest absolute Gasteiger partial charge is 0.225 e. The Morgan fingerprint density at radius 2 is 1.80 bits per heavy atom. The molecule has 1 amide bonds. The quantitative estimate of drug-likeness (QED) is 0.217. The van der Waals surface area contributed by atoms with Crippen molar-refractivity contribution in [1.29, 1.82) is 0 Å². The largest absolute Gasteiger partial charge is 0.373 e. The third kappa shape index (κ3) is 8.79. The first-order chi connectivity index (χ1) is 13.8. The van der Waals surface area contributed by atoms with Gasteiger partial charge in [-0.25, -0.2) is 0 Å². The Hall–Kier alpha value is -1.35. The second-order valence-corrected chi connectivity index (χ2v) is 8.76. The molecule has 0 spiro atoms. The van der Waals surface area contributed by atoms with E-state index in [9.17, 15) is 4.79 Å². The van der Waals surface area contributed by atoms with Crippen LogP contribution in [0.2, 0.25) is 0 Å². The minimum absolute atomic E-state index is 0. The molecule has 0 saturated carbocycles. The Kier molecular flexibility index (Phi) is 11.7. The number of hydrogen-bond donors (Lipinski definition) is 3. The Bertz CT molecular complexity index is 671. The van der Waals surface area contributed by atoms with Gasteiger partial charge in [-0.05, 0) is 32.3 Å². The number of carbonyl (C=O) groups excluding carboxylic acids is 1. The molecule has 1 saturated heterocycles. The second kappa shape index (κ2) is 13.1. The van der Waals surface area contributed by atoms with E-state index in [-0.39, 0.29) is 41.4 Å². The van der Waals surface area contributed by atoms with Gasteiger partial charge in [0.2, 0.25) is 5.91 Å². The van der Waals surface area contributed by atoms with E-state index in [4.69, 9.17) is 9.73 Å². The molecule has 1 aromatic rings. The van der Waals surface area contributed by atoms with Gasteiger partial charge in [-0.15, -0.1) is 24.0 Å². The maximum atomic E-state index is 12.0. The average Bonchev–Trinajstić information content (AvgIpc) is 2.69. The number of benzene rings is 1. The van der Waals surface area contributed by atoms with Crippen molar-refractivity contribution in [3.63, 3.8) is 0 Å². The fraction of sp³-hybridized carbons (Fsp3) is 0.652.